The summed E-state index contributed by atoms with van der Waals surface area (Å²) in [5.41, 5.74) is 0. The molecule has 0 aliphatic heterocycles. The van der Waals surface area contributed by atoms with Crippen LogP contribution in [0.25, 0.3) is 0 Å². The maximum atomic E-state index is 13.0. The normalized spacial score (nSPS) is 14.7. The summed E-state index contributed by atoms with van der Waals surface area (Å²) in [5.74, 6) is -0.233. The first-order valence-electron chi connectivity index (χ1n) is 33.2. The lowest BCUT2D eigenvalue weighted by Gasteiger charge is -2.25. The largest absolute Gasteiger partial charge is 0.472 e. The highest BCUT2D eigenvalue weighted by Gasteiger charge is 2.27. The number of amides is 1. The number of unbranched alkanes of at least 4 members (excludes halogenated alkanes) is 24. The summed E-state index contributed by atoms with van der Waals surface area (Å²) >= 11 is 0. The molecule has 0 aromatic heterocycles. The maximum Gasteiger partial charge on any atom is 0.472 e. The molecule has 3 unspecified atom stereocenters. The van der Waals surface area contributed by atoms with Crippen molar-refractivity contribution < 1.29 is 32.9 Å². The Balaban J connectivity index is 4.31. The molecule has 0 fully saturated rings. The van der Waals surface area contributed by atoms with E-state index in [9.17, 15) is 19.4 Å². The second-order valence-corrected chi connectivity index (χ2v) is 24.6. The van der Waals surface area contributed by atoms with Crippen LogP contribution >= 0.6 is 7.82 Å². The Labute approximate surface area is 506 Å². The molecule has 0 aromatic rings. The van der Waals surface area contributed by atoms with E-state index < -0.39 is 20.0 Å². The Morgan fingerprint density at radius 2 is 0.744 bits per heavy atom. The van der Waals surface area contributed by atoms with Crippen molar-refractivity contribution in [3.05, 3.63) is 146 Å². The number of quaternary nitrogens is 1. The molecule has 0 rings (SSSR count). The number of allylic oxidation sites excluding steroid dienone is 23. The van der Waals surface area contributed by atoms with E-state index >= 15 is 0 Å². The second kappa shape index (κ2) is 61.9. The van der Waals surface area contributed by atoms with Crippen LogP contribution in [-0.2, 0) is 18.4 Å². The van der Waals surface area contributed by atoms with Crippen LogP contribution in [0.2, 0.25) is 0 Å². The number of phosphoric ester groups is 1. The summed E-state index contributed by atoms with van der Waals surface area (Å²) in [6, 6.07) is -0.900. The molecular weight excluding hydrogens is 1030 g/mol. The molecule has 468 valence electrons. The third-order valence-electron chi connectivity index (χ3n) is 14.0. The SMILES string of the molecule is CC/C=C\C/C=C\C/C=C\C/C=C\C/C=C\C/C=C\C/C=C\C/C=C\C/C=C\C/C=C\CCCCC(=O)NC(COP(=O)(O)OCC[N+](C)(C)C)C(O)/C=C/CC/C=C/CCCCCCCCCCCCCCCCCCCCCCC. The van der Waals surface area contributed by atoms with Crippen LogP contribution in [0.4, 0.5) is 0 Å². The fourth-order valence-corrected chi connectivity index (χ4v) is 9.65. The van der Waals surface area contributed by atoms with Crippen LogP contribution in [0.1, 0.15) is 258 Å². The number of carbonyl (C=O) groups is 1. The minimum Gasteiger partial charge on any atom is -0.387 e. The van der Waals surface area contributed by atoms with Gasteiger partial charge in [0.2, 0.25) is 5.91 Å². The highest BCUT2D eigenvalue weighted by Crippen LogP contribution is 2.43. The number of aliphatic hydroxyl groups is 1. The number of hydrogen-bond donors (Lipinski definition) is 3. The van der Waals surface area contributed by atoms with Crippen LogP contribution in [-0.4, -0.2) is 73.4 Å². The second-order valence-electron chi connectivity index (χ2n) is 23.1. The lowest BCUT2D eigenvalue weighted by molar-refractivity contribution is -0.870. The molecule has 0 heterocycles. The molecule has 0 spiro atoms. The number of carbonyl (C=O) groups excluding carboxylic acids is 1. The molecule has 0 bridgehead atoms. The average Bonchev–Trinajstić information content (AvgIpc) is 3.47. The van der Waals surface area contributed by atoms with Crippen molar-refractivity contribution in [2.45, 2.75) is 270 Å². The molecule has 3 atom stereocenters. The van der Waals surface area contributed by atoms with Crippen molar-refractivity contribution in [1.29, 1.82) is 0 Å². The van der Waals surface area contributed by atoms with Crippen LogP contribution in [0.3, 0.4) is 0 Å². The van der Waals surface area contributed by atoms with Gasteiger partial charge in [0.25, 0.3) is 0 Å². The first-order chi connectivity index (χ1) is 40.0. The van der Waals surface area contributed by atoms with Gasteiger partial charge in [-0.2, -0.15) is 0 Å². The molecule has 0 aliphatic rings. The zero-order valence-electron chi connectivity index (χ0n) is 53.4. The number of phosphoric acid groups is 1. The van der Waals surface area contributed by atoms with E-state index in [-0.39, 0.29) is 25.5 Å². The van der Waals surface area contributed by atoms with Gasteiger partial charge in [0, 0.05) is 6.42 Å². The topological polar surface area (TPSA) is 105 Å². The molecule has 0 saturated heterocycles. The van der Waals surface area contributed by atoms with E-state index in [1.165, 1.54) is 135 Å². The first-order valence-corrected chi connectivity index (χ1v) is 34.7. The number of nitrogens with zero attached hydrogens (tertiary/aromatic N) is 1. The van der Waals surface area contributed by atoms with Gasteiger partial charge in [0.15, 0.2) is 0 Å². The standard InChI is InChI=1S/C73H125N2O6P/c1-6-8-10-12-14-16-18-20-22-24-26-28-30-32-34-35-36-37-38-39-41-43-45-47-49-51-53-55-57-59-61-63-65-67-73(77)74-71(70-81-82(78,79)80-69-68-75(3,4)5)72(76)66-64-62-60-58-56-54-52-50-48-46-44-42-40-33-31-29-27-25-23-21-19-17-15-13-11-9-7-2/h8,10,14,16,20,22,26,28,32,34,36-37,39,41,45,47,51,53,56-59,64,66,71-72,76H,6-7,9,11-13,15,17-19,21,23-25,27,29-31,33,35,38,40,42-44,46,48-50,52,54-55,60-63,65,67-70H2,1-5H3,(H-,74,77,78,79)/p+1/b10-8-,16-14-,22-20-,28-26-,34-32-,37-36-,41-39-,47-45-,53-51-,58-56+,59-57-,66-64+. The number of nitrogens with one attached hydrogen (secondary N) is 1. The number of rotatable bonds is 59. The summed E-state index contributed by atoms with van der Waals surface area (Å²) in [4.78, 5) is 23.4. The van der Waals surface area contributed by atoms with Crippen molar-refractivity contribution in [2.75, 3.05) is 40.9 Å². The average molecular weight is 1160 g/mol. The Morgan fingerprint density at radius 3 is 1.12 bits per heavy atom. The van der Waals surface area contributed by atoms with Gasteiger partial charge in [0.05, 0.1) is 39.9 Å². The quantitative estimate of drug-likeness (QED) is 0.0243. The fourth-order valence-electron chi connectivity index (χ4n) is 8.91. The molecule has 82 heavy (non-hydrogen) atoms. The third kappa shape index (κ3) is 64.0. The van der Waals surface area contributed by atoms with Gasteiger partial charge in [-0.3, -0.25) is 13.8 Å². The Bertz CT molecular complexity index is 1840. The molecule has 0 aliphatic carbocycles. The zero-order chi connectivity index (χ0) is 59.8. The summed E-state index contributed by atoms with van der Waals surface area (Å²) in [7, 11) is 1.51. The van der Waals surface area contributed by atoms with Crippen molar-refractivity contribution in [1.82, 2.24) is 5.32 Å². The smallest absolute Gasteiger partial charge is 0.387 e. The lowest BCUT2D eigenvalue weighted by atomic mass is 10.0. The molecule has 9 heteroatoms. The number of aliphatic hydroxyl groups excluding tert-OH is 1. The van der Waals surface area contributed by atoms with E-state index in [1.54, 1.807) is 6.08 Å². The Morgan fingerprint density at radius 1 is 0.427 bits per heavy atom. The van der Waals surface area contributed by atoms with Crippen LogP contribution in [0.15, 0.2) is 146 Å². The maximum absolute atomic E-state index is 13.0. The van der Waals surface area contributed by atoms with E-state index in [4.69, 9.17) is 9.05 Å². The number of likely N-dealkylation sites (N-methyl/N-ethyl adjacent to an activating group) is 1. The van der Waals surface area contributed by atoms with Gasteiger partial charge >= 0.3 is 7.82 Å². The molecular formula is C73H126N2O6P+. The van der Waals surface area contributed by atoms with Crippen molar-refractivity contribution in [3.8, 4) is 0 Å². The molecule has 0 saturated carbocycles. The Hall–Kier alpha value is -3.62. The van der Waals surface area contributed by atoms with Gasteiger partial charge in [-0.25, -0.2) is 4.57 Å². The summed E-state index contributed by atoms with van der Waals surface area (Å²) < 4.78 is 23.7. The van der Waals surface area contributed by atoms with Crippen LogP contribution in [0, 0.1) is 0 Å². The highest BCUT2D eigenvalue weighted by atomic mass is 31.2. The summed E-state index contributed by atoms with van der Waals surface area (Å²) in [6.45, 7) is 4.65. The monoisotopic (exact) mass is 1160 g/mol. The van der Waals surface area contributed by atoms with Gasteiger partial charge in [0.1, 0.15) is 13.2 Å². The van der Waals surface area contributed by atoms with Gasteiger partial charge in [-0.15, -0.1) is 0 Å². The van der Waals surface area contributed by atoms with E-state index in [1.807, 2.05) is 27.2 Å². The van der Waals surface area contributed by atoms with Crippen molar-refractivity contribution in [2.24, 2.45) is 0 Å². The molecule has 0 radical (unpaired) electrons. The fraction of sp³-hybridized carbons (Fsp3) is 0.658. The molecule has 1 amide bonds. The van der Waals surface area contributed by atoms with Crippen molar-refractivity contribution in [3.63, 3.8) is 0 Å². The summed E-state index contributed by atoms with van der Waals surface area (Å²) in [5, 5.41) is 13.9. The number of hydrogen-bond acceptors (Lipinski definition) is 5. The van der Waals surface area contributed by atoms with E-state index in [0.29, 0.717) is 17.4 Å². The minimum absolute atomic E-state index is 0.0394. The summed E-state index contributed by atoms with van der Waals surface area (Å²) in [6.07, 6.45) is 95.6. The van der Waals surface area contributed by atoms with Gasteiger partial charge < -0.3 is 19.8 Å². The zero-order valence-corrected chi connectivity index (χ0v) is 54.3. The highest BCUT2D eigenvalue weighted by molar-refractivity contribution is 7.47. The van der Waals surface area contributed by atoms with Crippen LogP contribution < -0.4 is 5.32 Å². The van der Waals surface area contributed by atoms with Gasteiger partial charge in [-0.1, -0.05) is 288 Å². The molecule has 3 N–H and O–H groups in total. The minimum atomic E-state index is -4.38. The third-order valence-corrected chi connectivity index (χ3v) is 15.0. The van der Waals surface area contributed by atoms with Crippen molar-refractivity contribution >= 4 is 13.7 Å². The molecule has 8 nitrogen and oxygen atoms in total. The van der Waals surface area contributed by atoms with Crippen LogP contribution in [0.5, 0.6) is 0 Å². The lowest BCUT2D eigenvalue weighted by Crippen LogP contribution is -2.45. The molecule has 0 aromatic carbocycles. The first kappa shape index (κ1) is 78.4. The predicted molar refractivity (Wildman–Crippen MR) is 359 cm³/mol. The Kier molecular flexibility index (Phi) is 59.2. The van der Waals surface area contributed by atoms with E-state index in [0.717, 1.165) is 96.3 Å². The predicted octanol–water partition coefficient (Wildman–Crippen LogP) is 21.2. The van der Waals surface area contributed by atoms with Gasteiger partial charge in [-0.05, 0) is 109 Å². The van der Waals surface area contributed by atoms with E-state index in [2.05, 4.69) is 153 Å².